The molecule has 0 aliphatic rings. The standard InChI is InChI=1S/C13H19N3O3S2/c1-3-4-7-20-10-6-5-9(12(17)16-13(14)15)8-11(10)21(2,18)19/h5-6,8H,3-4,7H2,1-2H3,(H4,14,15,16,17). The van der Waals surface area contributed by atoms with Crippen molar-refractivity contribution in [2.45, 2.75) is 29.6 Å². The first-order valence-corrected chi connectivity index (χ1v) is 9.24. The SMILES string of the molecule is CCCCSc1ccc(C(=O)N=C(N)N)cc1S(C)(=O)=O. The van der Waals surface area contributed by atoms with Crippen molar-refractivity contribution in [3.8, 4) is 0 Å². The Balaban J connectivity index is 3.19. The lowest BCUT2D eigenvalue weighted by Gasteiger charge is -2.09. The van der Waals surface area contributed by atoms with Crippen LogP contribution in [0.2, 0.25) is 0 Å². The van der Waals surface area contributed by atoms with Crippen LogP contribution in [0.4, 0.5) is 0 Å². The van der Waals surface area contributed by atoms with Gasteiger partial charge in [0.2, 0.25) is 0 Å². The highest BCUT2D eigenvalue weighted by atomic mass is 32.2. The molecule has 1 rings (SSSR count). The lowest BCUT2D eigenvalue weighted by molar-refractivity contribution is 0.100. The first kappa shape index (κ1) is 17.5. The quantitative estimate of drug-likeness (QED) is 0.353. The van der Waals surface area contributed by atoms with E-state index in [1.165, 1.54) is 23.9 Å². The van der Waals surface area contributed by atoms with Crippen molar-refractivity contribution in [3.63, 3.8) is 0 Å². The molecule has 0 bridgehead atoms. The molecule has 0 heterocycles. The molecule has 1 amide bonds. The summed E-state index contributed by atoms with van der Waals surface area (Å²) in [7, 11) is -3.44. The average Bonchev–Trinajstić information content (AvgIpc) is 2.37. The Morgan fingerprint density at radius 1 is 1.33 bits per heavy atom. The van der Waals surface area contributed by atoms with Gasteiger partial charge in [-0.25, -0.2) is 8.42 Å². The van der Waals surface area contributed by atoms with E-state index in [1.54, 1.807) is 6.07 Å². The molecule has 0 spiro atoms. The smallest absolute Gasteiger partial charge is 0.280 e. The number of hydrogen-bond donors (Lipinski definition) is 2. The first-order chi connectivity index (χ1) is 9.75. The fraction of sp³-hybridized carbons (Fsp3) is 0.385. The lowest BCUT2D eigenvalue weighted by atomic mass is 10.2. The molecular formula is C13H19N3O3S2. The molecule has 6 nitrogen and oxygen atoms in total. The minimum atomic E-state index is -3.44. The van der Waals surface area contributed by atoms with Gasteiger partial charge in [-0.15, -0.1) is 11.8 Å². The third-order valence-electron chi connectivity index (χ3n) is 2.58. The highest BCUT2D eigenvalue weighted by molar-refractivity contribution is 8.00. The van der Waals surface area contributed by atoms with E-state index in [0.29, 0.717) is 4.90 Å². The molecule has 0 aromatic heterocycles. The molecule has 8 heteroatoms. The van der Waals surface area contributed by atoms with E-state index >= 15 is 0 Å². The number of hydrogen-bond acceptors (Lipinski definition) is 4. The molecule has 0 atom stereocenters. The van der Waals surface area contributed by atoms with Gasteiger partial charge in [-0.2, -0.15) is 4.99 Å². The van der Waals surface area contributed by atoms with E-state index in [9.17, 15) is 13.2 Å². The maximum atomic E-state index is 11.9. The van der Waals surface area contributed by atoms with Gasteiger partial charge >= 0.3 is 0 Å². The number of guanidine groups is 1. The number of carbonyl (C=O) groups is 1. The summed E-state index contributed by atoms with van der Waals surface area (Å²) in [5.41, 5.74) is 10.4. The van der Waals surface area contributed by atoms with Crippen LogP contribution in [0.3, 0.4) is 0 Å². The van der Waals surface area contributed by atoms with E-state index < -0.39 is 15.7 Å². The largest absolute Gasteiger partial charge is 0.370 e. The van der Waals surface area contributed by atoms with Gasteiger partial charge < -0.3 is 11.5 Å². The van der Waals surface area contributed by atoms with Gasteiger partial charge in [0, 0.05) is 16.7 Å². The van der Waals surface area contributed by atoms with Gasteiger partial charge in [-0.1, -0.05) is 13.3 Å². The number of amides is 1. The summed E-state index contributed by atoms with van der Waals surface area (Å²) < 4.78 is 23.7. The van der Waals surface area contributed by atoms with Crippen molar-refractivity contribution < 1.29 is 13.2 Å². The molecule has 0 aliphatic heterocycles. The van der Waals surface area contributed by atoms with E-state index in [1.807, 2.05) is 0 Å². The molecule has 0 saturated heterocycles. The zero-order chi connectivity index (χ0) is 16.0. The van der Waals surface area contributed by atoms with Gasteiger partial charge in [-0.05, 0) is 30.4 Å². The molecule has 0 aliphatic carbocycles. The molecule has 0 radical (unpaired) electrons. The number of aliphatic imine (C=N–C) groups is 1. The molecule has 4 N–H and O–H groups in total. The summed E-state index contributed by atoms with van der Waals surface area (Å²) in [6, 6.07) is 4.46. The van der Waals surface area contributed by atoms with Gasteiger partial charge in [-0.3, -0.25) is 4.79 Å². The number of unbranched alkanes of at least 4 members (excludes halogenated alkanes) is 1. The zero-order valence-electron chi connectivity index (χ0n) is 12.0. The van der Waals surface area contributed by atoms with E-state index in [4.69, 9.17) is 11.5 Å². The maximum absolute atomic E-state index is 11.9. The Labute approximate surface area is 128 Å². The minimum absolute atomic E-state index is 0.125. The van der Waals surface area contributed by atoms with Crippen LogP contribution in [0, 0.1) is 0 Å². The molecule has 0 fully saturated rings. The molecule has 0 unspecified atom stereocenters. The molecule has 21 heavy (non-hydrogen) atoms. The number of nitrogens with two attached hydrogens (primary N) is 2. The second-order valence-electron chi connectivity index (χ2n) is 4.48. The fourth-order valence-corrected chi connectivity index (χ4v) is 3.98. The molecule has 1 aromatic rings. The average molecular weight is 329 g/mol. The van der Waals surface area contributed by atoms with E-state index in [-0.39, 0.29) is 16.4 Å². The second kappa shape index (κ2) is 7.46. The number of thioether (sulfide) groups is 1. The third kappa shape index (κ3) is 5.39. The Morgan fingerprint density at radius 2 is 2.00 bits per heavy atom. The van der Waals surface area contributed by atoms with Crippen LogP contribution in [0.15, 0.2) is 33.0 Å². The van der Waals surface area contributed by atoms with Crippen LogP contribution < -0.4 is 11.5 Å². The Morgan fingerprint density at radius 3 is 2.52 bits per heavy atom. The number of carbonyl (C=O) groups excluding carboxylic acids is 1. The molecule has 0 saturated carbocycles. The molecule has 116 valence electrons. The summed E-state index contributed by atoms with van der Waals surface area (Å²) in [6.45, 7) is 2.06. The second-order valence-corrected chi connectivity index (χ2v) is 7.60. The topological polar surface area (TPSA) is 116 Å². The van der Waals surface area contributed by atoms with Crippen molar-refractivity contribution in [3.05, 3.63) is 23.8 Å². The van der Waals surface area contributed by atoms with Crippen molar-refractivity contribution in [1.29, 1.82) is 0 Å². The number of rotatable bonds is 6. The normalized spacial score (nSPS) is 11.1. The summed E-state index contributed by atoms with van der Waals surface area (Å²) in [6.07, 6.45) is 3.13. The first-order valence-electron chi connectivity index (χ1n) is 6.36. The van der Waals surface area contributed by atoms with Gasteiger partial charge in [0.05, 0.1) is 4.90 Å². The van der Waals surface area contributed by atoms with Crippen molar-refractivity contribution >= 4 is 33.5 Å². The van der Waals surface area contributed by atoms with Crippen molar-refractivity contribution in [2.75, 3.05) is 12.0 Å². The summed E-state index contributed by atoms with van der Waals surface area (Å²) in [5.74, 6) is -0.201. The minimum Gasteiger partial charge on any atom is -0.370 e. The van der Waals surface area contributed by atoms with Gasteiger partial charge in [0.1, 0.15) is 0 Å². The highest BCUT2D eigenvalue weighted by Gasteiger charge is 2.17. The summed E-state index contributed by atoms with van der Waals surface area (Å²) >= 11 is 1.46. The summed E-state index contributed by atoms with van der Waals surface area (Å²) in [5, 5.41) is 0. The van der Waals surface area contributed by atoms with E-state index in [0.717, 1.165) is 24.9 Å². The third-order valence-corrected chi connectivity index (χ3v) is 5.00. The zero-order valence-corrected chi connectivity index (χ0v) is 13.6. The Hall–Kier alpha value is -1.54. The van der Waals surface area contributed by atoms with Crippen LogP contribution in [0.5, 0.6) is 0 Å². The van der Waals surface area contributed by atoms with E-state index in [2.05, 4.69) is 11.9 Å². The van der Waals surface area contributed by atoms with Crippen LogP contribution in [0.25, 0.3) is 0 Å². The number of sulfone groups is 1. The monoisotopic (exact) mass is 329 g/mol. The molecular weight excluding hydrogens is 310 g/mol. The van der Waals surface area contributed by atoms with Crippen LogP contribution in [0.1, 0.15) is 30.1 Å². The van der Waals surface area contributed by atoms with Gasteiger partial charge in [0.25, 0.3) is 5.91 Å². The number of nitrogens with zero attached hydrogens (tertiary/aromatic N) is 1. The predicted octanol–water partition coefficient (Wildman–Crippen LogP) is 1.40. The predicted molar refractivity (Wildman–Crippen MR) is 85.3 cm³/mol. The van der Waals surface area contributed by atoms with Gasteiger partial charge in [0.15, 0.2) is 15.8 Å². The summed E-state index contributed by atoms with van der Waals surface area (Å²) in [4.78, 5) is 15.9. The fourth-order valence-electron chi connectivity index (χ4n) is 1.56. The van der Waals surface area contributed by atoms with Crippen molar-refractivity contribution in [2.24, 2.45) is 16.5 Å². The Bertz CT molecular complexity index is 651. The highest BCUT2D eigenvalue weighted by Crippen LogP contribution is 2.28. The maximum Gasteiger partial charge on any atom is 0.280 e. The van der Waals surface area contributed by atoms with Crippen molar-refractivity contribution in [1.82, 2.24) is 0 Å². The lowest BCUT2D eigenvalue weighted by Crippen LogP contribution is -2.24. The number of benzene rings is 1. The van der Waals surface area contributed by atoms with Crippen LogP contribution in [-0.2, 0) is 9.84 Å². The van der Waals surface area contributed by atoms with Crippen LogP contribution in [-0.4, -0.2) is 32.3 Å². The van der Waals surface area contributed by atoms with Crippen LogP contribution >= 0.6 is 11.8 Å². The molecule has 1 aromatic carbocycles. The Kier molecular flexibility index (Phi) is 6.22.